The van der Waals surface area contributed by atoms with Crippen molar-refractivity contribution in [1.29, 1.82) is 0 Å². The summed E-state index contributed by atoms with van der Waals surface area (Å²) in [7, 11) is 1.62. The van der Waals surface area contributed by atoms with E-state index in [2.05, 4.69) is 10.3 Å². The zero-order chi connectivity index (χ0) is 18.2. The molecule has 6 heteroatoms. The van der Waals surface area contributed by atoms with Crippen LogP contribution in [-0.2, 0) is 16.0 Å². The van der Waals surface area contributed by atoms with Gasteiger partial charge in [0.1, 0.15) is 5.75 Å². The molecule has 0 unspecified atom stereocenters. The summed E-state index contributed by atoms with van der Waals surface area (Å²) in [5.41, 5.74) is 2.21. The standard InChI is InChI=1S/C19H22N2O4/c1-13-4-7-16(12-21-13)19(23)25-14(2)18(22)20-11-10-15-5-8-17(24-3)9-6-15/h4-9,12,14H,10-11H2,1-3H3,(H,20,22)/t14-/m1/s1. The van der Waals surface area contributed by atoms with E-state index in [4.69, 9.17) is 9.47 Å². The third kappa shape index (κ3) is 5.60. The van der Waals surface area contributed by atoms with Crippen LogP contribution in [0.1, 0.15) is 28.5 Å². The molecule has 1 aromatic heterocycles. The minimum absolute atomic E-state index is 0.323. The number of pyridine rings is 1. The predicted octanol–water partition coefficient (Wildman–Crippen LogP) is 2.30. The third-order valence-corrected chi connectivity index (χ3v) is 3.67. The number of amides is 1. The molecule has 132 valence electrons. The molecule has 1 amide bonds. The van der Waals surface area contributed by atoms with Crippen molar-refractivity contribution >= 4 is 11.9 Å². The van der Waals surface area contributed by atoms with E-state index < -0.39 is 12.1 Å². The average molecular weight is 342 g/mol. The molecule has 0 aliphatic rings. The monoisotopic (exact) mass is 342 g/mol. The maximum Gasteiger partial charge on any atom is 0.340 e. The maximum atomic E-state index is 12.0. The second kappa shape index (κ2) is 8.82. The van der Waals surface area contributed by atoms with Gasteiger partial charge in [-0.25, -0.2) is 4.79 Å². The van der Waals surface area contributed by atoms with Gasteiger partial charge >= 0.3 is 5.97 Å². The highest BCUT2D eigenvalue weighted by Gasteiger charge is 2.18. The molecular formula is C19H22N2O4. The lowest BCUT2D eigenvalue weighted by Gasteiger charge is -2.13. The molecule has 1 heterocycles. The van der Waals surface area contributed by atoms with E-state index in [1.54, 1.807) is 26.2 Å². The molecule has 0 spiro atoms. The minimum atomic E-state index is -0.871. The van der Waals surface area contributed by atoms with Crippen molar-refractivity contribution in [2.24, 2.45) is 0 Å². The van der Waals surface area contributed by atoms with Crippen LogP contribution in [0.25, 0.3) is 0 Å². The van der Waals surface area contributed by atoms with E-state index in [1.165, 1.54) is 6.20 Å². The first-order valence-electron chi connectivity index (χ1n) is 8.04. The zero-order valence-corrected chi connectivity index (χ0v) is 14.6. The van der Waals surface area contributed by atoms with Crippen molar-refractivity contribution in [3.63, 3.8) is 0 Å². The summed E-state index contributed by atoms with van der Waals surface area (Å²) in [4.78, 5) is 28.0. The van der Waals surface area contributed by atoms with Crippen LogP contribution >= 0.6 is 0 Å². The van der Waals surface area contributed by atoms with Gasteiger partial charge in [0, 0.05) is 18.4 Å². The first-order valence-corrected chi connectivity index (χ1v) is 8.04. The Balaban J connectivity index is 1.77. The highest BCUT2D eigenvalue weighted by atomic mass is 16.5. The van der Waals surface area contributed by atoms with Crippen LogP contribution in [0.4, 0.5) is 0 Å². The lowest BCUT2D eigenvalue weighted by molar-refractivity contribution is -0.129. The summed E-state index contributed by atoms with van der Waals surface area (Å²) < 4.78 is 10.3. The number of ether oxygens (including phenoxy) is 2. The van der Waals surface area contributed by atoms with Crippen LogP contribution in [0, 0.1) is 6.92 Å². The van der Waals surface area contributed by atoms with E-state index in [9.17, 15) is 9.59 Å². The average Bonchev–Trinajstić information content (AvgIpc) is 2.62. The highest BCUT2D eigenvalue weighted by Crippen LogP contribution is 2.11. The van der Waals surface area contributed by atoms with Crippen LogP contribution in [0.2, 0.25) is 0 Å². The Morgan fingerprint density at radius 2 is 1.88 bits per heavy atom. The number of aromatic nitrogens is 1. The molecule has 1 atom stereocenters. The van der Waals surface area contributed by atoms with Gasteiger partial charge < -0.3 is 14.8 Å². The first kappa shape index (κ1) is 18.4. The van der Waals surface area contributed by atoms with Gasteiger partial charge in [0.15, 0.2) is 6.10 Å². The molecule has 2 rings (SSSR count). The first-order chi connectivity index (χ1) is 12.0. The molecule has 0 aliphatic heterocycles. The molecule has 0 saturated carbocycles. The maximum absolute atomic E-state index is 12.0. The molecule has 6 nitrogen and oxygen atoms in total. The topological polar surface area (TPSA) is 77.5 Å². The Kier molecular flexibility index (Phi) is 6.51. The summed E-state index contributed by atoms with van der Waals surface area (Å²) in [6, 6.07) is 11.0. The highest BCUT2D eigenvalue weighted by molar-refractivity contribution is 5.91. The number of aryl methyl sites for hydroxylation is 1. The van der Waals surface area contributed by atoms with Crippen molar-refractivity contribution < 1.29 is 19.1 Å². The van der Waals surface area contributed by atoms with Gasteiger partial charge in [-0.15, -0.1) is 0 Å². The molecule has 25 heavy (non-hydrogen) atoms. The van der Waals surface area contributed by atoms with Gasteiger partial charge in [0.25, 0.3) is 5.91 Å². The number of nitrogens with zero attached hydrogens (tertiary/aromatic N) is 1. The number of methoxy groups -OCH3 is 1. The fourth-order valence-corrected chi connectivity index (χ4v) is 2.14. The molecule has 1 N–H and O–H groups in total. The van der Waals surface area contributed by atoms with Crippen LogP contribution in [0.5, 0.6) is 5.75 Å². The number of hydrogen-bond donors (Lipinski definition) is 1. The summed E-state index contributed by atoms with van der Waals surface area (Å²) >= 11 is 0. The molecule has 0 fully saturated rings. The van der Waals surface area contributed by atoms with Crippen LogP contribution in [-0.4, -0.2) is 36.6 Å². The van der Waals surface area contributed by atoms with Crippen molar-refractivity contribution in [3.05, 3.63) is 59.4 Å². The largest absolute Gasteiger partial charge is 0.497 e. The lowest BCUT2D eigenvalue weighted by atomic mass is 10.1. The van der Waals surface area contributed by atoms with Gasteiger partial charge in [0.05, 0.1) is 12.7 Å². The van der Waals surface area contributed by atoms with Crippen LogP contribution < -0.4 is 10.1 Å². The smallest absolute Gasteiger partial charge is 0.340 e. The van der Waals surface area contributed by atoms with Gasteiger partial charge in [0.2, 0.25) is 0 Å². The minimum Gasteiger partial charge on any atom is -0.497 e. The lowest BCUT2D eigenvalue weighted by Crippen LogP contribution is -2.36. The quantitative estimate of drug-likeness (QED) is 0.781. The summed E-state index contributed by atoms with van der Waals surface area (Å²) in [6.07, 6.45) is 1.24. The number of nitrogens with one attached hydrogen (secondary N) is 1. The molecule has 0 radical (unpaired) electrons. The van der Waals surface area contributed by atoms with Crippen LogP contribution in [0.3, 0.4) is 0 Å². The van der Waals surface area contributed by atoms with Crippen molar-refractivity contribution in [3.8, 4) is 5.75 Å². The van der Waals surface area contributed by atoms with Gasteiger partial charge in [-0.1, -0.05) is 12.1 Å². The fourth-order valence-electron chi connectivity index (χ4n) is 2.14. The normalized spacial score (nSPS) is 11.5. The van der Waals surface area contributed by atoms with Gasteiger partial charge in [-0.3, -0.25) is 9.78 Å². The molecule has 0 saturated heterocycles. The van der Waals surface area contributed by atoms with E-state index in [0.29, 0.717) is 18.5 Å². The van der Waals surface area contributed by atoms with E-state index in [0.717, 1.165) is 17.0 Å². The predicted molar refractivity (Wildman–Crippen MR) is 93.6 cm³/mol. The van der Waals surface area contributed by atoms with Gasteiger partial charge in [-0.2, -0.15) is 0 Å². The number of rotatable bonds is 7. The Morgan fingerprint density at radius 1 is 1.16 bits per heavy atom. The number of carbonyl (C=O) groups excluding carboxylic acids is 2. The van der Waals surface area contributed by atoms with Crippen LogP contribution in [0.15, 0.2) is 42.6 Å². The Labute approximate surface area is 147 Å². The summed E-state index contributed by atoms with van der Waals surface area (Å²) in [5.74, 6) is -0.105. The van der Waals surface area contributed by atoms with E-state index in [-0.39, 0.29) is 5.91 Å². The Morgan fingerprint density at radius 3 is 2.48 bits per heavy atom. The van der Waals surface area contributed by atoms with Crippen molar-refractivity contribution in [2.45, 2.75) is 26.4 Å². The van der Waals surface area contributed by atoms with E-state index in [1.807, 2.05) is 31.2 Å². The second-order valence-electron chi connectivity index (χ2n) is 5.62. The zero-order valence-electron chi connectivity index (χ0n) is 14.6. The summed E-state index contributed by atoms with van der Waals surface area (Å²) in [6.45, 7) is 3.83. The molecular weight excluding hydrogens is 320 g/mol. The van der Waals surface area contributed by atoms with E-state index >= 15 is 0 Å². The number of esters is 1. The second-order valence-corrected chi connectivity index (χ2v) is 5.62. The Hall–Kier alpha value is -2.89. The van der Waals surface area contributed by atoms with Crippen molar-refractivity contribution in [2.75, 3.05) is 13.7 Å². The SMILES string of the molecule is COc1ccc(CCNC(=O)[C@@H](C)OC(=O)c2ccc(C)nc2)cc1. The molecule has 0 aliphatic carbocycles. The third-order valence-electron chi connectivity index (χ3n) is 3.67. The molecule has 2 aromatic rings. The van der Waals surface area contributed by atoms with Gasteiger partial charge in [-0.05, 0) is 50.1 Å². The van der Waals surface area contributed by atoms with Crippen molar-refractivity contribution in [1.82, 2.24) is 10.3 Å². The molecule has 1 aromatic carbocycles. The summed E-state index contributed by atoms with van der Waals surface area (Å²) in [5, 5.41) is 2.76. The molecule has 0 bridgehead atoms. The number of carbonyl (C=O) groups is 2. The Bertz CT molecular complexity index is 711. The number of hydrogen-bond acceptors (Lipinski definition) is 5. The number of benzene rings is 1. The fraction of sp³-hybridized carbons (Fsp3) is 0.316.